The van der Waals surface area contributed by atoms with Gasteiger partial charge in [0, 0.05) is 7.05 Å². The highest BCUT2D eigenvalue weighted by Crippen LogP contribution is 2.02. The van der Waals surface area contributed by atoms with E-state index in [0.717, 1.165) is 5.69 Å². The third-order valence-electron chi connectivity index (χ3n) is 1.51. The van der Waals surface area contributed by atoms with Gasteiger partial charge >= 0.3 is 0 Å². The molecule has 0 atom stereocenters. The third kappa shape index (κ3) is 1.21. The van der Waals surface area contributed by atoms with Gasteiger partial charge in [0.2, 0.25) is 0 Å². The minimum Gasteiger partial charge on any atom is -0.364 e. The van der Waals surface area contributed by atoms with Crippen molar-refractivity contribution in [1.82, 2.24) is 15.0 Å². The summed E-state index contributed by atoms with van der Waals surface area (Å²) in [5, 5.41) is 7.30. The van der Waals surface area contributed by atoms with Crippen LogP contribution < -0.4 is 5.73 Å². The summed E-state index contributed by atoms with van der Waals surface area (Å²) in [7, 11) is 1.73. The zero-order valence-electron chi connectivity index (χ0n) is 6.53. The molecular weight excluding hydrogens is 144 g/mol. The zero-order valence-corrected chi connectivity index (χ0v) is 6.53. The van der Waals surface area contributed by atoms with Crippen LogP contribution in [0.5, 0.6) is 0 Å². The highest BCUT2D eigenvalue weighted by molar-refractivity contribution is 5.91. The third-order valence-corrected chi connectivity index (χ3v) is 1.51. The molecule has 0 saturated heterocycles. The second kappa shape index (κ2) is 2.69. The van der Waals surface area contributed by atoms with Crippen molar-refractivity contribution in [2.24, 2.45) is 12.8 Å². The van der Waals surface area contributed by atoms with Crippen LogP contribution >= 0.6 is 0 Å². The molecule has 0 aliphatic carbocycles. The van der Waals surface area contributed by atoms with E-state index in [1.54, 1.807) is 11.7 Å². The standard InChI is InChI=1S/C6H10N4O/c1-3-4-5(6(7)11)8-9-10(4)2/h3H2,1-2H3,(H2,7,11). The molecule has 0 radical (unpaired) electrons. The summed E-state index contributed by atoms with van der Waals surface area (Å²) >= 11 is 0. The first kappa shape index (κ1) is 7.71. The normalized spacial score (nSPS) is 10.0. The molecule has 0 spiro atoms. The van der Waals surface area contributed by atoms with E-state index in [1.165, 1.54) is 0 Å². The summed E-state index contributed by atoms with van der Waals surface area (Å²) in [5.41, 5.74) is 6.10. The van der Waals surface area contributed by atoms with Crippen LogP contribution in [-0.4, -0.2) is 20.9 Å². The molecular formula is C6H10N4O. The Morgan fingerprint density at radius 1 is 1.73 bits per heavy atom. The van der Waals surface area contributed by atoms with Crippen molar-refractivity contribution in [3.8, 4) is 0 Å². The average Bonchev–Trinajstić information content (AvgIpc) is 2.30. The Balaban J connectivity index is 3.15. The van der Waals surface area contributed by atoms with Crippen molar-refractivity contribution >= 4 is 5.91 Å². The van der Waals surface area contributed by atoms with Crippen molar-refractivity contribution in [2.45, 2.75) is 13.3 Å². The van der Waals surface area contributed by atoms with Gasteiger partial charge in [-0.1, -0.05) is 12.1 Å². The number of carbonyl (C=O) groups is 1. The van der Waals surface area contributed by atoms with Gasteiger partial charge in [-0.25, -0.2) is 0 Å². The molecule has 1 aromatic rings. The number of hydrogen-bond acceptors (Lipinski definition) is 3. The van der Waals surface area contributed by atoms with E-state index in [4.69, 9.17) is 5.73 Å². The molecule has 0 aliphatic heterocycles. The first-order chi connectivity index (χ1) is 5.16. The van der Waals surface area contributed by atoms with Crippen LogP contribution in [0.25, 0.3) is 0 Å². The topological polar surface area (TPSA) is 73.8 Å². The van der Waals surface area contributed by atoms with E-state index >= 15 is 0 Å². The maximum absolute atomic E-state index is 10.7. The molecule has 1 aromatic heterocycles. The predicted octanol–water partition coefficient (Wildman–Crippen LogP) is -0.524. The molecule has 1 amide bonds. The highest BCUT2D eigenvalue weighted by Gasteiger charge is 2.12. The summed E-state index contributed by atoms with van der Waals surface area (Å²) in [6.45, 7) is 1.92. The Kier molecular flexibility index (Phi) is 1.89. The Bertz CT molecular complexity index is 278. The lowest BCUT2D eigenvalue weighted by Crippen LogP contribution is -2.14. The van der Waals surface area contributed by atoms with Gasteiger partial charge in [0.15, 0.2) is 5.69 Å². The lowest BCUT2D eigenvalue weighted by molar-refractivity contribution is 0.0994. The van der Waals surface area contributed by atoms with Gasteiger partial charge in [-0.2, -0.15) is 0 Å². The number of hydrogen-bond donors (Lipinski definition) is 1. The molecule has 1 heterocycles. The molecule has 0 unspecified atom stereocenters. The fourth-order valence-corrected chi connectivity index (χ4v) is 0.965. The molecule has 0 bridgehead atoms. The van der Waals surface area contributed by atoms with Gasteiger partial charge in [-0.05, 0) is 6.42 Å². The Labute approximate surface area is 64.2 Å². The highest BCUT2D eigenvalue weighted by atomic mass is 16.1. The summed E-state index contributed by atoms with van der Waals surface area (Å²) in [6, 6.07) is 0. The van der Waals surface area contributed by atoms with Crippen molar-refractivity contribution in [3.05, 3.63) is 11.4 Å². The number of carbonyl (C=O) groups excluding carboxylic acids is 1. The molecule has 5 nitrogen and oxygen atoms in total. The first-order valence-corrected chi connectivity index (χ1v) is 3.35. The second-order valence-corrected chi connectivity index (χ2v) is 2.23. The maximum atomic E-state index is 10.7. The van der Waals surface area contributed by atoms with Gasteiger partial charge in [0.1, 0.15) is 0 Å². The smallest absolute Gasteiger partial charge is 0.271 e. The van der Waals surface area contributed by atoms with Crippen molar-refractivity contribution < 1.29 is 4.79 Å². The van der Waals surface area contributed by atoms with E-state index < -0.39 is 5.91 Å². The molecule has 2 N–H and O–H groups in total. The Hall–Kier alpha value is -1.39. The average molecular weight is 154 g/mol. The maximum Gasteiger partial charge on any atom is 0.271 e. The van der Waals surface area contributed by atoms with Crippen molar-refractivity contribution in [3.63, 3.8) is 0 Å². The number of aromatic nitrogens is 3. The SMILES string of the molecule is CCc1c(C(N)=O)nnn1C. The van der Waals surface area contributed by atoms with Crippen LogP contribution in [0.15, 0.2) is 0 Å². The molecule has 5 heteroatoms. The Morgan fingerprint density at radius 3 is 2.73 bits per heavy atom. The molecule has 0 fully saturated rings. The van der Waals surface area contributed by atoms with E-state index in [-0.39, 0.29) is 5.69 Å². The van der Waals surface area contributed by atoms with Crippen LogP contribution in [-0.2, 0) is 13.5 Å². The number of nitrogens with two attached hydrogens (primary N) is 1. The largest absolute Gasteiger partial charge is 0.364 e. The predicted molar refractivity (Wildman–Crippen MR) is 38.9 cm³/mol. The molecule has 11 heavy (non-hydrogen) atoms. The monoisotopic (exact) mass is 154 g/mol. The summed E-state index contributed by atoms with van der Waals surface area (Å²) in [5.74, 6) is -0.519. The van der Waals surface area contributed by atoms with Crippen molar-refractivity contribution in [1.29, 1.82) is 0 Å². The molecule has 0 aromatic carbocycles. The quantitative estimate of drug-likeness (QED) is 0.622. The summed E-state index contributed by atoms with van der Waals surface area (Å²) in [6.07, 6.45) is 0.710. The zero-order chi connectivity index (χ0) is 8.43. The molecule has 1 rings (SSSR count). The number of amides is 1. The van der Waals surface area contributed by atoms with E-state index in [9.17, 15) is 4.79 Å². The molecule has 0 saturated carbocycles. The lowest BCUT2D eigenvalue weighted by atomic mass is 10.2. The first-order valence-electron chi connectivity index (χ1n) is 3.35. The van der Waals surface area contributed by atoms with E-state index in [2.05, 4.69) is 10.3 Å². The van der Waals surface area contributed by atoms with Crippen LogP contribution in [0.4, 0.5) is 0 Å². The number of aryl methyl sites for hydroxylation is 1. The van der Waals surface area contributed by atoms with Crippen LogP contribution in [0, 0.1) is 0 Å². The summed E-state index contributed by atoms with van der Waals surface area (Å²) < 4.78 is 1.56. The minimum absolute atomic E-state index is 0.273. The van der Waals surface area contributed by atoms with Crippen LogP contribution in [0.2, 0.25) is 0 Å². The number of rotatable bonds is 2. The molecule has 60 valence electrons. The molecule has 0 aliphatic rings. The Morgan fingerprint density at radius 2 is 2.36 bits per heavy atom. The van der Waals surface area contributed by atoms with Gasteiger partial charge in [0.25, 0.3) is 5.91 Å². The minimum atomic E-state index is -0.519. The van der Waals surface area contributed by atoms with Gasteiger partial charge in [0.05, 0.1) is 5.69 Å². The van der Waals surface area contributed by atoms with Crippen molar-refractivity contribution in [2.75, 3.05) is 0 Å². The fraction of sp³-hybridized carbons (Fsp3) is 0.500. The lowest BCUT2D eigenvalue weighted by Gasteiger charge is -1.95. The fourth-order valence-electron chi connectivity index (χ4n) is 0.965. The second-order valence-electron chi connectivity index (χ2n) is 2.23. The van der Waals surface area contributed by atoms with E-state index in [0.29, 0.717) is 6.42 Å². The van der Waals surface area contributed by atoms with Gasteiger partial charge in [-0.3, -0.25) is 9.48 Å². The van der Waals surface area contributed by atoms with Gasteiger partial charge in [-0.15, -0.1) is 5.10 Å². The van der Waals surface area contributed by atoms with Crippen LogP contribution in [0.3, 0.4) is 0 Å². The van der Waals surface area contributed by atoms with Gasteiger partial charge < -0.3 is 5.73 Å². The van der Waals surface area contributed by atoms with Crippen LogP contribution in [0.1, 0.15) is 23.1 Å². The summed E-state index contributed by atoms with van der Waals surface area (Å²) in [4.78, 5) is 10.7. The number of primary amides is 1. The van der Waals surface area contributed by atoms with E-state index in [1.807, 2.05) is 6.92 Å². The number of nitrogens with zero attached hydrogens (tertiary/aromatic N) is 3.